The number of esters is 1. The van der Waals surface area contributed by atoms with Gasteiger partial charge in [-0.1, -0.05) is 0 Å². The van der Waals surface area contributed by atoms with Crippen LogP contribution in [0.3, 0.4) is 0 Å². The number of aromatic hydroxyl groups is 2. The maximum absolute atomic E-state index is 10.6. The molecule has 2 N–H and O–H groups in total. The zero-order valence-electron chi connectivity index (χ0n) is 7.37. The molecule has 70 valence electrons. The van der Waals surface area contributed by atoms with E-state index in [9.17, 15) is 9.90 Å². The molecule has 0 aromatic heterocycles. The number of rotatable bonds is 1. The first kappa shape index (κ1) is 9.38. The molecule has 0 bridgehead atoms. The Kier molecular flexibility index (Phi) is 2.41. The van der Waals surface area contributed by atoms with Crippen LogP contribution in [0.1, 0.15) is 12.5 Å². The van der Waals surface area contributed by atoms with Crippen molar-refractivity contribution in [2.24, 2.45) is 0 Å². The topological polar surface area (TPSA) is 66.8 Å². The fourth-order valence-corrected chi connectivity index (χ4v) is 0.920. The quantitative estimate of drug-likeness (QED) is 0.508. The lowest BCUT2D eigenvalue weighted by Gasteiger charge is -2.07. The Morgan fingerprint density at radius 2 is 2.00 bits per heavy atom. The largest absolute Gasteiger partial charge is 0.508 e. The van der Waals surface area contributed by atoms with Crippen molar-refractivity contribution in [1.82, 2.24) is 0 Å². The summed E-state index contributed by atoms with van der Waals surface area (Å²) in [6.45, 7) is 2.84. The van der Waals surface area contributed by atoms with Crippen molar-refractivity contribution in [2.45, 2.75) is 13.8 Å². The van der Waals surface area contributed by atoms with Gasteiger partial charge in [0.2, 0.25) is 0 Å². The highest BCUT2D eigenvalue weighted by Crippen LogP contribution is 2.31. The number of carbonyl (C=O) groups excluding carboxylic acids is 1. The molecule has 0 atom stereocenters. The summed E-state index contributed by atoms with van der Waals surface area (Å²) >= 11 is 0. The van der Waals surface area contributed by atoms with Gasteiger partial charge in [0, 0.05) is 24.6 Å². The van der Waals surface area contributed by atoms with E-state index in [1.165, 1.54) is 19.1 Å². The molecule has 1 aromatic carbocycles. The number of ether oxygens (including phenoxy) is 1. The number of benzene rings is 1. The van der Waals surface area contributed by atoms with E-state index in [1.54, 1.807) is 6.92 Å². The van der Waals surface area contributed by atoms with Crippen molar-refractivity contribution in [2.75, 3.05) is 0 Å². The van der Waals surface area contributed by atoms with Crippen molar-refractivity contribution in [3.05, 3.63) is 17.7 Å². The molecule has 0 fully saturated rings. The van der Waals surface area contributed by atoms with E-state index < -0.39 is 5.97 Å². The van der Waals surface area contributed by atoms with Gasteiger partial charge in [-0.2, -0.15) is 0 Å². The number of phenolic OH excluding ortho intramolecular Hbond substituents is 2. The van der Waals surface area contributed by atoms with E-state index in [2.05, 4.69) is 0 Å². The molecule has 0 heterocycles. The standard InChI is InChI=1S/C9H10O4/c1-5-8(12)3-7(11)4-9(5)13-6(2)10/h3-4,11-12H,1-2H3. The normalized spacial score (nSPS) is 9.69. The van der Waals surface area contributed by atoms with Crippen molar-refractivity contribution < 1.29 is 19.7 Å². The van der Waals surface area contributed by atoms with E-state index in [0.717, 1.165) is 0 Å². The summed E-state index contributed by atoms with van der Waals surface area (Å²) in [7, 11) is 0. The average molecular weight is 182 g/mol. The minimum Gasteiger partial charge on any atom is -0.508 e. The average Bonchev–Trinajstić information content (AvgIpc) is 1.98. The number of phenols is 2. The van der Waals surface area contributed by atoms with Crippen LogP contribution in [0.5, 0.6) is 17.2 Å². The van der Waals surface area contributed by atoms with E-state index in [0.29, 0.717) is 5.56 Å². The molecule has 0 amide bonds. The third-order valence-corrected chi connectivity index (χ3v) is 1.57. The van der Waals surface area contributed by atoms with E-state index in [1.807, 2.05) is 0 Å². The molecule has 0 aliphatic carbocycles. The Morgan fingerprint density at radius 3 is 2.54 bits per heavy atom. The van der Waals surface area contributed by atoms with Gasteiger partial charge < -0.3 is 14.9 Å². The third-order valence-electron chi connectivity index (χ3n) is 1.57. The van der Waals surface area contributed by atoms with Gasteiger partial charge in [-0.25, -0.2) is 0 Å². The van der Waals surface area contributed by atoms with Crippen LogP contribution in [0, 0.1) is 6.92 Å². The highest BCUT2D eigenvalue weighted by Gasteiger charge is 2.08. The molecule has 0 spiro atoms. The van der Waals surface area contributed by atoms with Crippen LogP contribution in [0.2, 0.25) is 0 Å². The highest BCUT2D eigenvalue weighted by atomic mass is 16.5. The highest BCUT2D eigenvalue weighted by molar-refractivity contribution is 5.70. The first-order valence-electron chi connectivity index (χ1n) is 3.71. The zero-order valence-corrected chi connectivity index (χ0v) is 7.37. The lowest BCUT2D eigenvalue weighted by Crippen LogP contribution is -2.02. The summed E-state index contributed by atoms with van der Waals surface area (Å²) in [4.78, 5) is 10.6. The molecule has 4 heteroatoms. The summed E-state index contributed by atoms with van der Waals surface area (Å²) in [5.74, 6) is -0.561. The molecule has 4 nitrogen and oxygen atoms in total. The number of carbonyl (C=O) groups is 1. The fourth-order valence-electron chi connectivity index (χ4n) is 0.920. The minimum absolute atomic E-state index is 0.101. The molecule has 0 saturated carbocycles. The van der Waals surface area contributed by atoms with Gasteiger partial charge in [-0.15, -0.1) is 0 Å². The molecule has 0 aliphatic heterocycles. The summed E-state index contributed by atoms with van der Waals surface area (Å²) in [6.07, 6.45) is 0. The molecule has 0 radical (unpaired) electrons. The molecule has 0 unspecified atom stereocenters. The van der Waals surface area contributed by atoms with Crippen LogP contribution in [0.25, 0.3) is 0 Å². The molecule has 1 rings (SSSR count). The second-order valence-electron chi connectivity index (χ2n) is 2.68. The van der Waals surface area contributed by atoms with Crippen LogP contribution in [0.15, 0.2) is 12.1 Å². The van der Waals surface area contributed by atoms with Gasteiger partial charge in [0.15, 0.2) is 0 Å². The lowest BCUT2D eigenvalue weighted by molar-refractivity contribution is -0.131. The summed E-state index contributed by atoms with van der Waals surface area (Å²) in [5.41, 5.74) is 0.424. The lowest BCUT2D eigenvalue weighted by atomic mass is 10.2. The van der Waals surface area contributed by atoms with Crippen LogP contribution in [-0.4, -0.2) is 16.2 Å². The SMILES string of the molecule is CC(=O)Oc1cc(O)cc(O)c1C. The van der Waals surface area contributed by atoms with Crippen molar-refractivity contribution in [1.29, 1.82) is 0 Å². The summed E-state index contributed by atoms with van der Waals surface area (Å²) in [5, 5.41) is 18.3. The zero-order chi connectivity index (χ0) is 10.0. The maximum Gasteiger partial charge on any atom is 0.308 e. The van der Waals surface area contributed by atoms with Crippen LogP contribution in [-0.2, 0) is 4.79 Å². The third kappa shape index (κ3) is 2.11. The number of hydrogen-bond acceptors (Lipinski definition) is 4. The Hall–Kier alpha value is -1.71. The molecular formula is C9H10O4. The molecule has 13 heavy (non-hydrogen) atoms. The van der Waals surface area contributed by atoms with Crippen molar-refractivity contribution in [3.8, 4) is 17.2 Å². The molecule has 0 aliphatic rings. The predicted molar refractivity (Wildman–Crippen MR) is 45.8 cm³/mol. The predicted octanol–water partition coefficient (Wildman–Crippen LogP) is 1.33. The second-order valence-corrected chi connectivity index (χ2v) is 2.68. The number of hydrogen-bond donors (Lipinski definition) is 2. The second kappa shape index (κ2) is 3.35. The van der Waals surface area contributed by atoms with Gasteiger partial charge in [-0.3, -0.25) is 4.79 Å². The fraction of sp³-hybridized carbons (Fsp3) is 0.222. The first-order chi connectivity index (χ1) is 6.00. The van der Waals surface area contributed by atoms with Crippen molar-refractivity contribution >= 4 is 5.97 Å². The van der Waals surface area contributed by atoms with Crippen LogP contribution in [0.4, 0.5) is 0 Å². The van der Waals surface area contributed by atoms with E-state index in [-0.39, 0.29) is 17.2 Å². The van der Waals surface area contributed by atoms with Gasteiger partial charge in [0.1, 0.15) is 17.2 Å². The van der Waals surface area contributed by atoms with Crippen LogP contribution >= 0.6 is 0 Å². The van der Waals surface area contributed by atoms with E-state index in [4.69, 9.17) is 9.84 Å². The van der Waals surface area contributed by atoms with Crippen molar-refractivity contribution in [3.63, 3.8) is 0 Å². The Balaban J connectivity index is 3.12. The monoisotopic (exact) mass is 182 g/mol. The van der Waals surface area contributed by atoms with Gasteiger partial charge >= 0.3 is 5.97 Å². The van der Waals surface area contributed by atoms with Gasteiger partial charge in [-0.05, 0) is 6.92 Å². The Labute approximate surface area is 75.4 Å². The Bertz CT molecular complexity index is 344. The van der Waals surface area contributed by atoms with E-state index >= 15 is 0 Å². The van der Waals surface area contributed by atoms with Gasteiger partial charge in [0.25, 0.3) is 0 Å². The molecule has 0 saturated heterocycles. The van der Waals surface area contributed by atoms with Gasteiger partial charge in [0.05, 0.1) is 0 Å². The summed E-state index contributed by atoms with van der Waals surface area (Å²) in [6, 6.07) is 2.46. The summed E-state index contributed by atoms with van der Waals surface area (Å²) < 4.78 is 4.75. The first-order valence-corrected chi connectivity index (χ1v) is 3.71. The van der Waals surface area contributed by atoms with Crippen LogP contribution < -0.4 is 4.74 Å². The Morgan fingerprint density at radius 1 is 1.38 bits per heavy atom. The maximum atomic E-state index is 10.6. The smallest absolute Gasteiger partial charge is 0.308 e. The molecule has 1 aromatic rings. The minimum atomic E-state index is -0.492. The molecular weight excluding hydrogens is 172 g/mol.